The summed E-state index contributed by atoms with van der Waals surface area (Å²) in [4.78, 5) is 18.3. The standard InChI is InChI=1S/C19H22N2O4/c1-14-4-8-24-17(14)18(22)21-12-19(13-21)16(5-9-25-19)11-23-10-15-2-6-20-7-3-15/h2-4,6-8,16H,5,9-13H2,1H3/t16-/m0/s1. The van der Waals surface area contributed by atoms with Crippen molar-refractivity contribution in [3.8, 4) is 0 Å². The van der Waals surface area contributed by atoms with E-state index in [4.69, 9.17) is 13.9 Å². The zero-order valence-electron chi connectivity index (χ0n) is 14.3. The molecule has 132 valence electrons. The highest BCUT2D eigenvalue weighted by Gasteiger charge is 2.54. The van der Waals surface area contributed by atoms with Crippen LogP contribution >= 0.6 is 0 Å². The number of nitrogens with zero attached hydrogens (tertiary/aromatic N) is 2. The normalized spacial score (nSPS) is 21.5. The first-order valence-corrected chi connectivity index (χ1v) is 8.62. The average Bonchev–Trinajstić information content (AvgIpc) is 3.20. The number of rotatable bonds is 5. The molecule has 0 saturated carbocycles. The highest BCUT2D eigenvalue weighted by Crippen LogP contribution is 2.40. The van der Waals surface area contributed by atoms with Gasteiger partial charge in [0.25, 0.3) is 5.91 Å². The molecule has 1 spiro atoms. The first-order chi connectivity index (χ1) is 12.2. The Morgan fingerprint density at radius 2 is 2.16 bits per heavy atom. The van der Waals surface area contributed by atoms with Crippen LogP contribution < -0.4 is 0 Å². The predicted molar refractivity (Wildman–Crippen MR) is 90.0 cm³/mol. The van der Waals surface area contributed by atoms with Crippen LogP contribution in [0.5, 0.6) is 0 Å². The van der Waals surface area contributed by atoms with Gasteiger partial charge < -0.3 is 18.8 Å². The Kier molecular flexibility index (Phi) is 4.31. The van der Waals surface area contributed by atoms with Crippen LogP contribution in [0.3, 0.4) is 0 Å². The monoisotopic (exact) mass is 342 g/mol. The number of furan rings is 1. The summed E-state index contributed by atoms with van der Waals surface area (Å²) in [5.41, 5.74) is 1.73. The van der Waals surface area contributed by atoms with E-state index in [1.54, 1.807) is 23.6 Å². The van der Waals surface area contributed by atoms with Crippen LogP contribution in [0.4, 0.5) is 0 Å². The van der Waals surface area contributed by atoms with Gasteiger partial charge in [-0.2, -0.15) is 0 Å². The third-order valence-electron chi connectivity index (χ3n) is 5.20. The van der Waals surface area contributed by atoms with Gasteiger partial charge >= 0.3 is 0 Å². The molecule has 2 aromatic rings. The predicted octanol–water partition coefficient (Wildman–Crippen LogP) is 2.43. The summed E-state index contributed by atoms with van der Waals surface area (Å²) in [7, 11) is 0. The Bertz CT molecular complexity index is 737. The minimum atomic E-state index is -0.256. The molecule has 0 bridgehead atoms. The quantitative estimate of drug-likeness (QED) is 0.835. The molecule has 2 aliphatic heterocycles. The van der Waals surface area contributed by atoms with Gasteiger partial charge in [-0.15, -0.1) is 0 Å². The second kappa shape index (κ2) is 6.61. The van der Waals surface area contributed by atoms with Crippen molar-refractivity contribution < 1.29 is 18.7 Å². The summed E-state index contributed by atoms with van der Waals surface area (Å²) in [6.45, 7) is 5.04. The topological polar surface area (TPSA) is 64.8 Å². The second-order valence-corrected chi connectivity index (χ2v) is 6.86. The lowest BCUT2D eigenvalue weighted by atomic mass is 9.81. The molecule has 4 heterocycles. The number of aromatic nitrogens is 1. The van der Waals surface area contributed by atoms with Crippen LogP contribution in [0.2, 0.25) is 0 Å². The van der Waals surface area contributed by atoms with Gasteiger partial charge in [-0.1, -0.05) is 0 Å². The largest absolute Gasteiger partial charge is 0.459 e. The summed E-state index contributed by atoms with van der Waals surface area (Å²) in [6, 6.07) is 5.72. The smallest absolute Gasteiger partial charge is 0.290 e. The number of pyridine rings is 1. The van der Waals surface area contributed by atoms with Gasteiger partial charge in [0.2, 0.25) is 0 Å². The van der Waals surface area contributed by atoms with E-state index >= 15 is 0 Å². The minimum absolute atomic E-state index is 0.0555. The Balaban J connectivity index is 1.32. The molecule has 25 heavy (non-hydrogen) atoms. The molecule has 2 aromatic heterocycles. The van der Waals surface area contributed by atoms with E-state index in [0.717, 1.165) is 24.2 Å². The summed E-state index contributed by atoms with van der Waals surface area (Å²) in [6.07, 6.45) is 6.06. The van der Waals surface area contributed by atoms with Crippen molar-refractivity contribution in [2.24, 2.45) is 5.92 Å². The number of likely N-dealkylation sites (tertiary alicyclic amines) is 1. The van der Waals surface area contributed by atoms with E-state index < -0.39 is 0 Å². The van der Waals surface area contributed by atoms with Gasteiger partial charge in [-0.3, -0.25) is 9.78 Å². The molecular weight excluding hydrogens is 320 g/mol. The zero-order valence-corrected chi connectivity index (χ0v) is 14.3. The van der Waals surface area contributed by atoms with Crippen LogP contribution in [0.15, 0.2) is 41.3 Å². The number of carbonyl (C=O) groups excluding carboxylic acids is 1. The molecule has 4 rings (SSSR count). The Hall–Kier alpha value is -2.18. The lowest BCUT2D eigenvalue weighted by Crippen LogP contribution is -2.66. The number of ether oxygens (including phenoxy) is 2. The number of hydrogen-bond donors (Lipinski definition) is 0. The Morgan fingerprint density at radius 1 is 1.36 bits per heavy atom. The SMILES string of the molecule is Cc1ccoc1C(=O)N1CC2(C1)OCC[C@H]2COCc1ccncc1. The summed E-state index contributed by atoms with van der Waals surface area (Å²) in [5, 5.41) is 0. The molecular formula is C19H22N2O4. The molecule has 0 N–H and O–H groups in total. The fourth-order valence-corrected chi connectivity index (χ4v) is 3.65. The fourth-order valence-electron chi connectivity index (χ4n) is 3.65. The highest BCUT2D eigenvalue weighted by atomic mass is 16.5. The molecule has 2 fully saturated rings. The second-order valence-electron chi connectivity index (χ2n) is 6.86. The van der Waals surface area contributed by atoms with Crippen molar-refractivity contribution in [1.29, 1.82) is 0 Å². The van der Waals surface area contributed by atoms with Gasteiger partial charge in [-0.05, 0) is 37.1 Å². The van der Waals surface area contributed by atoms with Crippen LogP contribution in [0.1, 0.15) is 28.1 Å². The van der Waals surface area contributed by atoms with Crippen LogP contribution in [0, 0.1) is 12.8 Å². The number of carbonyl (C=O) groups is 1. The van der Waals surface area contributed by atoms with Crippen molar-refractivity contribution in [3.63, 3.8) is 0 Å². The number of amides is 1. The third-order valence-corrected chi connectivity index (χ3v) is 5.20. The fraction of sp³-hybridized carbons (Fsp3) is 0.474. The van der Waals surface area contributed by atoms with E-state index in [2.05, 4.69) is 4.98 Å². The van der Waals surface area contributed by atoms with E-state index in [9.17, 15) is 4.79 Å². The molecule has 1 amide bonds. The van der Waals surface area contributed by atoms with Gasteiger partial charge in [0.1, 0.15) is 5.60 Å². The molecule has 2 aliphatic rings. The average molecular weight is 342 g/mol. The van der Waals surface area contributed by atoms with Crippen molar-refractivity contribution in [1.82, 2.24) is 9.88 Å². The first kappa shape index (κ1) is 16.3. The number of aryl methyl sites for hydroxylation is 1. The molecule has 0 unspecified atom stereocenters. The van der Waals surface area contributed by atoms with Crippen LogP contribution in [-0.4, -0.2) is 47.7 Å². The highest BCUT2D eigenvalue weighted by molar-refractivity contribution is 5.93. The molecule has 1 atom stereocenters. The maximum atomic E-state index is 12.5. The maximum Gasteiger partial charge on any atom is 0.290 e. The van der Waals surface area contributed by atoms with Crippen LogP contribution in [-0.2, 0) is 16.1 Å². The maximum absolute atomic E-state index is 12.5. The lowest BCUT2D eigenvalue weighted by Gasteiger charge is -2.49. The van der Waals surface area contributed by atoms with Gasteiger partial charge in [0.05, 0.1) is 32.6 Å². The lowest BCUT2D eigenvalue weighted by molar-refractivity contribution is -0.129. The van der Waals surface area contributed by atoms with Crippen molar-refractivity contribution in [2.45, 2.75) is 25.6 Å². The van der Waals surface area contributed by atoms with E-state index in [0.29, 0.717) is 38.0 Å². The summed E-state index contributed by atoms with van der Waals surface area (Å²) >= 11 is 0. The summed E-state index contributed by atoms with van der Waals surface area (Å²) < 4.78 is 17.2. The van der Waals surface area contributed by atoms with Gasteiger partial charge in [0, 0.05) is 30.5 Å². The Labute approximate surface area is 146 Å². The van der Waals surface area contributed by atoms with Crippen molar-refractivity contribution in [2.75, 3.05) is 26.3 Å². The summed E-state index contributed by atoms with van der Waals surface area (Å²) in [5.74, 6) is 0.689. The number of hydrogen-bond acceptors (Lipinski definition) is 5. The minimum Gasteiger partial charge on any atom is -0.459 e. The van der Waals surface area contributed by atoms with Gasteiger partial charge in [-0.25, -0.2) is 0 Å². The zero-order chi connectivity index (χ0) is 17.3. The van der Waals surface area contributed by atoms with Gasteiger partial charge in [0.15, 0.2) is 5.76 Å². The first-order valence-electron chi connectivity index (χ1n) is 8.62. The molecule has 0 aromatic carbocycles. The molecule has 6 heteroatoms. The molecule has 0 aliphatic carbocycles. The van der Waals surface area contributed by atoms with E-state index in [1.165, 1.54) is 0 Å². The Morgan fingerprint density at radius 3 is 2.88 bits per heavy atom. The molecule has 6 nitrogen and oxygen atoms in total. The molecule has 0 radical (unpaired) electrons. The van der Waals surface area contributed by atoms with E-state index in [-0.39, 0.29) is 11.5 Å². The van der Waals surface area contributed by atoms with Crippen molar-refractivity contribution >= 4 is 5.91 Å². The van der Waals surface area contributed by atoms with E-state index in [1.807, 2.05) is 25.1 Å². The van der Waals surface area contributed by atoms with Crippen LogP contribution in [0.25, 0.3) is 0 Å². The van der Waals surface area contributed by atoms with Crippen molar-refractivity contribution in [3.05, 3.63) is 53.7 Å². The molecule has 2 saturated heterocycles. The third kappa shape index (κ3) is 3.07.